The number of allylic oxidation sites excluding steroid dienone is 1. The largest absolute Gasteiger partial charge is 0.355 e. The van der Waals surface area contributed by atoms with Crippen molar-refractivity contribution in [2.24, 2.45) is 4.99 Å². The molecule has 1 unspecified atom stereocenters. The molecule has 0 radical (unpaired) electrons. The van der Waals surface area contributed by atoms with Gasteiger partial charge in [0.05, 0.1) is 16.6 Å². The Morgan fingerprint density at radius 3 is 1.83 bits per heavy atom. The van der Waals surface area contributed by atoms with Crippen molar-refractivity contribution >= 4 is 95.1 Å². The highest BCUT2D eigenvalue weighted by atomic mass is 15.2. The van der Waals surface area contributed by atoms with Gasteiger partial charge in [0, 0.05) is 86.3 Å². The summed E-state index contributed by atoms with van der Waals surface area (Å²) in [6, 6.07) is 53.6. The molecule has 0 aliphatic carbocycles. The van der Waals surface area contributed by atoms with E-state index in [1.54, 1.807) is 0 Å². The maximum absolute atomic E-state index is 5.10. The number of aliphatic imine (C=N–C) groups is 1. The molecule has 0 N–H and O–H groups in total. The lowest BCUT2D eigenvalue weighted by atomic mass is 9.34. The highest BCUT2D eigenvalue weighted by molar-refractivity contribution is 7.00. The number of hydrogen-bond donors (Lipinski definition) is 0. The number of para-hydroxylation sites is 5. The molecule has 3 aliphatic heterocycles. The summed E-state index contributed by atoms with van der Waals surface area (Å²) in [5, 5.41) is 7.43. The van der Waals surface area contributed by atoms with Gasteiger partial charge in [0.15, 0.2) is 0 Å². The van der Waals surface area contributed by atoms with Crippen LogP contribution in [0.2, 0.25) is 0 Å². The van der Waals surface area contributed by atoms with Crippen LogP contribution in [0, 0.1) is 0 Å². The molecule has 6 aromatic carbocycles. The van der Waals surface area contributed by atoms with E-state index >= 15 is 0 Å². The molecule has 0 bridgehead atoms. The van der Waals surface area contributed by atoms with E-state index in [0.29, 0.717) is 0 Å². The predicted octanol–water partition coefficient (Wildman–Crippen LogP) is 8.84. The summed E-state index contributed by atoms with van der Waals surface area (Å²) in [4.78, 5) is 12.4. The second kappa shape index (κ2) is 10.8. The maximum atomic E-state index is 5.10. The van der Waals surface area contributed by atoms with Crippen molar-refractivity contribution in [3.05, 3.63) is 170 Å². The maximum Gasteiger partial charge on any atom is 0.252 e. The topological polar surface area (TPSA) is 48.2 Å². The van der Waals surface area contributed by atoms with Crippen LogP contribution in [0.1, 0.15) is 11.7 Å². The van der Waals surface area contributed by atoms with Crippen molar-refractivity contribution in [1.29, 1.82) is 0 Å². The first kappa shape index (κ1) is 30.6. The zero-order chi connectivity index (χ0) is 37.8. The number of benzene rings is 6. The quantitative estimate of drug-likeness (QED) is 0.170. The first-order valence-corrected chi connectivity index (χ1v) is 20.0. The minimum Gasteiger partial charge on any atom is -0.355 e. The Balaban J connectivity index is 1.23. The van der Waals surface area contributed by atoms with E-state index in [2.05, 4.69) is 182 Å². The van der Waals surface area contributed by atoms with Crippen LogP contribution in [0.25, 0.3) is 88.6 Å². The number of fused-ring (bicyclic) bond motifs is 14. The highest BCUT2D eigenvalue weighted by Crippen LogP contribution is 2.46. The Morgan fingerprint density at radius 1 is 0.552 bits per heavy atom. The lowest BCUT2D eigenvalue weighted by Gasteiger charge is -2.35. The summed E-state index contributed by atoms with van der Waals surface area (Å²) in [5.74, 6) is 0. The van der Waals surface area contributed by atoms with Crippen molar-refractivity contribution in [1.82, 2.24) is 28.2 Å². The number of hydrogen-bond acceptors (Lipinski definition) is 3. The van der Waals surface area contributed by atoms with Crippen molar-refractivity contribution in [3.8, 4) is 22.7 Å². The first-order chi connectivity index (χ1) is 28.8. The first-order valence-electron chi connectivity index (χ1n) is 20.0. The van der Waals surface area contributed by atoms with Gasteiger partial charge in [-0.15, -0.1) is 0 Å². The fourth-order valence-electron chi connectivity index (χ4n) is 10.9. The average Bonchev–Trinajstić information content (AvgIpc) is 4.00. The molecule has 5 aromatic heterocycles. The van der Waals surface area contributed by atoms with Gasteiger partial charge in [-0.05, 0) is 77.1 Å². The second-order valence-electron chi connectivity index (χ2n) is 15.9. The second-order valence-corrected chi connectivity index (χ2v) is 15.9. The Bertz CT molecular complexity index is 3440. The van der Waals surface area contributed by atoms with E-state index < -0.39 is 0 Å². The number of aromatic nitrogens is 5. The van der Waals surface area contributed by atoms with Crippen molar-refractivity contribution in [2.45, 2.75) is 6.17 Å². The van der Waals surface area contributed by atoms with Gasteiger partial charge in [-0.2, -0.15) is 0 Å². The molecule has 0 amide bonds. The fraction of sp³-hybridized carbons (Fsp3) is 0.0400. The van der Waals surface area contributed by atoms with Gasteiger partial charge < -0.3 is 4.90 Å². The third-order valence-corrected chi connectivity index (χ3v) is 13.0. The van der Waals surface area contributed by atoms with E-state index in [-0.39, 0.29) is 12.9 Å². The van der Waals surface area contributed by atoms with Gasteiger partial charge in [-0.25, -0.2) is 4.98 Å². The van der Waals surface area contributed by atoms with Crippen LogP contribution in [-0.4, -0.2) is 48.1 Å². The lowest BCUT2D eigenvalue weighted by Crippen LogP contribution is -2.59. The summed E-state index contributed by atoms with van der Waals surface area (Å²) in [6.07, 6.45) is 7.81. The molecular weight excluding hydrogens is 709 g/mol. The molecular formula is C50H32BN7. The summed E-state index contributed by atoms with van der Waals surface area (Å²) >= 11 is 0. The van der Waals surface area contributed by atoms with Crippen LogP contribution < -0.4 is 16.4 Å². The van der Waals surface area contributed by atoms with Crippen molar-refractivity contribution < 1.29 is 0 Å². The van der Waals surface area contributed by atoms with Gasteiger partial charge in [0.1, 0.15) is 23.1 Å². The number of nitrogens with zero attached hydrogens (tertiary/aromatic N) is 7. The smallest absolute Gasteiger partial charge is 0.252 e. The van der Waals surface area contributed by atoms with Crippen molar-refractivity contribution in [2.75, 3.05) is 7.05 Å². The van der Waals surface area contributed by atoms with E-state index in [9.17, 15) is 0 Å². The van der Waals surface area contributed by atoms with Crippen LogP contribution in [0.3, 0.4) is 0 Å². The lowest BCUT2D eigenvalue weighted by molar-refractivity contribution is 0.345. The molecule has 0 spiro atoms. The molecule has 11 aromatic rings. The molecule has 270 valence electrons. The number of rotatable bonds is 3. The van der Waals surface area contributed by atoms with E-state index in [0.717, 1.165) is 33.6 Å². The summed E-state index contributed by atoms with van der Waals surface area (Å²) < 4.78 is 10.0. The zero-order valence-electron chi connectivity index (χ0n) is 31.5. The van der Waals surface area contributed by atoms with E-state index in [1.807, 2.05) is 18.5 Å². The predicted molar refractivity (Wildman–Crippen MR) is 239 cm³/mol. The molecule has 8 heterocycles. The van der Waals surface area contributed by atoms with Gasteiger partial charge in [0.25, 0.3) is 6.71 Å². The van der Waals surface area contributed by atoms with Crippen LogP contribution >= 0.6 is 0 Å². The van der Waals surface area contributed by atoms with Gasteiger partial charge in [-0.3, -0.25) is 23.3 Å². The molecule has 1 atom stereocenters. The molecule has 8 heteroatoms. The van der Waals surface area contributed by atoms with Crippen LogP contribution in [0.4, 0.5) is 0 Å². The average molecular weight is 742 g/mol. The molecule has 0 saturated carbocycles. The van der Waals surface area contributed by atoms with Crippen LogP contribution in [-0.2, 0) is 0 Å². The van der Waals surface area contributed by atoms with Crippen LogP contribution in [0.5, 0.6) is 0 Å². The summed E-state index contributed by atoms with van der Waals surface area (Å²) in [7, 11) is 2.13. The normalized spacial score (nSPS) is 15.3. The monoisotopic (exact) mass is 741 g/mol. The Hall–Kier alpha value is -7.58. The highest BCUT2D eigenvalue weighted by Gasteiger charge is 2.43. The third kappa shape index (κ3) is 3.62. The minimum absolute atomic E-state index is 0.0166. The molecule has 14 rings (SSSR count). The molecule has 58 heavy (non-hydrogen) atoms. The third-order valence-electron chi connectivity index (χ3n) is 13.0. The number of pyridine rings is 1. The standard InChI is InChI=1S/C50H32BN7/c1-54-27-13-26-52-47(54)30-28-40-44-41(29-30)58-46-35(43-36-21-12-25-53-48(36)56(50(43)58)32-16-6-3-7-17-32)20-11-23-38(46)51(44)37-22-10-19-34-42-33-18-8-9-24-39(33)55(31-14-4-2-5-15-31)49(42)57(40)45(34)37/h2-29,47H,1H3. The van der Waals surface area contributed by atoms with E-state index in [1.165, 1.54) is 76.9 Å². The molecule has 0 fully saturated rings. The zero-order valence-corrected chi connectivity index (χ0v) is 31.5. The Kier molecular flexibility index (Phi) is 5.72. The molecule has 3 aliphatic rings. The molecule has 7 nitrogen and oxygen atoms in total. The van der Waals surface area contributed by atoms with Gasteiger partial charge in [0.2, 0.25) is 0 Å². The fourth-order valence-corrected chi connectivity index (χ4v) is 10.9. The summed E-state index contributed by atoms with van der Waals surface area (Å²) in [6.45, 7) is 0.0166. The molecule has 0 saturated heterocycles. The van der Waals surface area contributed by atoms with Crippen molar-refractivity contribution in [3.63, 3.8) is 0 Å². The Morgan fingerprint density at radius 2 is 1.14 bits per heavy atom. The van der Waals surface area contributed by atoms with Gasteiger partial charge in [-0.1, -0.05) is 91.0 Å². The Labute approximate surface area is 332 Å². The SMILES string of the molecule is CN1C=CC=NC1c1cc2c3c(c1)-n1c4c(cccc4c4c5cccnc5n(-c5ccccc5)c41)B3c1cccc3c4c5ccccc5n(-c5ccccc5)c4n-2c13. The minimum atomic E-state index is -0.191. The summed E-state index contributed by atoms with van der Waals surface area (Å²) in [5.41, 5.74) is 16.7. The van der Waals surface area contributed by atoms with Crippen LogP contribution in [0.15, 0.2) is 169 Å². The van der Waals surface area contributed by atoms with Gasteiger partial charge >= 0.3 is 0 Å². The van der Waals surface area contributed by atoms with E-state index in [4.69, 9.17) is 9.98 Å².